The molecule has 18 heavy (non-hydrogen) atoms. The zero-order valence-corrected chi connectivity index (χ0v) is 11.5. The normalized spacial score (nSPS) is 12.6. The van der Waals surface area contributed by atoms with Crippen molar-refractivity contribution in [1.82, 2.24) is 10.2 Å². The zero-order valence-electron chi connectivity index (χ0n) is 10.7. The lowest BCUT2D eigenvalue weighted by Crippen LogP contribution is -2.11. The molecule has 2 rings (SSSR count). The first-order chi connectivity index (χ1) is 8.81. The van der Waals surface area contributed by atoms with Gasteiger partial charge in [-0.1, -0.05) is 61.4 Å². The molecule has 0 fully saturated rings. The van der Waals surface area contributed by atoms with Crippen molar-refractivity contribution in [3.05, 3.63) is 45.9 Å². The Balaban J connectivity index is 2.01. The van der Waals surface area contributed by atoms with Crippen LogP contribution in [0.15, 0.2) is 30.3 Å². The summed E-state index contributed by atoms with van der Waals surface area (Å²) >= 11 is 1.64. The van der Waals surface area contributed by atoms with Crippen LogP contribution in [0, 0.1) is 0 Å². The molecule has 0 bridgehead atoms. The Morgan fingerprint density at radius 1 is 1.17 bits per heavy atom. The molecule has 0 aliphatic rings. The summed E-state index contributed by atoms with van der Waals surface area (Å²) in [7, 11) is 0. The molecule has 2 aromatic rings. The SMILES string of the molecule is CCCCCc1nnc(C(N)c2ccccc2)s1. The van der Waals surface area contributed by atoms with Crippen molar-refractivity contribution in [2.45, 2.75) is 38.6 Å². The summed E-state index contributed by atoms with van der Waals surface area (Å²) in [5.74, 6) is 0. The number of nitrogens with two attached hydrogens (primary N) is 1. The molecule has 2 N–H and O–H groups in total. The number of hydrogen-bond acceptors (Lipinski definition) is 4. The fraction of sp³-hybridized carbons (Fsp3) is 0.429. The predicted octanol–water partition coefficient (Wildman–Crippen LogP) is 3.32. The van der Waals surface area contributed by atoms with Gasteiger partial charge in [-0.05, 0) is 12.0 Å². The van der Waals surface area contributed by atoms with Crippen LogP contribution in [0.4, 0.5) is 0 Å². The van der Waals surface area contributed by atoms with Gasteiger partial charge in [0.15, 0.2) is 0 Å². The Bertz CT molecular complexity index is 467. The average Bonchev–Trinajstić information content (AvgIpc) is 2.88. The van der Waals surface area contributed by atoms with Crippen LogP contribution in [0.3, 0.4) is 0 Å². The topological polar surface area (TPSA) is 51.8 Å². The smallest absolute Gasteiger partial charge is 0.138 e. The second-order valence-electron chi connectivity index (χ2n) is 4.38. The Morgan fingerprint density at radius 2 is 1.94 bits per heavy atom. The van der Waals surface area contributed by atoms with Gasteiger partial charge >= 0.3 is 0 Å². The van der Waals surface area contributed by atoms with Gasteiger partial charge in [0.25, 0.3) is 0 Å². The Labute approximate surface area is 112 Å². The van der Waals surface area contributed by atoms with Crippen molar-refractivity contribution in [3.8, 4) is 0 Å². The fourth-order valence-electron chi connectivity index (χ4n) is 1.82. The highest BCUT2D eigenvalue weighted by Gasteiger charge is 2.13. The zero-order chi connectivity index (χ0) is 12.8. The Morgan fingerprint density at radius 3 is 2.67 bits per heavy atom. The van der Waals surface area contributed by atoms with Gasteiger partial charge in [0.2, 0.25) is 0 Å². The third-order valence-electron chi connectivity index (χ3n) is 2.90. The van der Waals surface area contributed by atoms with E-state index in [1.165, 1.54) is 19.3 Å². The minimum atomic E-state index is -0.149. The van der Waals surface area contributed by atoms with Crippen LogP contribution in [0.2, 0.25) is 0 Å². The van der Waals surface area contributed by atoms with Gasteiger partial charge in [0, 0.05) is 6.42 Å². The van der Waals surface area contributed by atoms with Crippen molar-refractivity contribution in [3.63, 3.8) is 0 Å². The lowest BCUT2D eigenvalue weighted by molar-refractivity contribution is 0.708. The van der Waals surface area contributed by atoms with E-state index in [1.54, 1.807) is 11.3 Å². The molecule has 1 atom stereocenters. The van der Waals surface area contributed by atoms with Crippen LogP contribution in [0.5, 0.6) is 0 Å². The van der Waals surface area contributed by atoms with Crippen molar-refractivity contribution in [2.24, 2.45) is 5.73 Å². The molecule has 0 aliphatic heterocycles. The first-order valence-electron chi connectivity index (χ1n) is 6.44. The molecule has 1 unspecified atom stereocenters. The van der Waals surface area contributed by atoms with E-state index in [2.05, 4.69) is 17.1 Å². The predicted molar refractivity (Wildman–Crippen MR) is 75.6 cm³/mol. The fourth-order valence-corrected chi connectivity index (χ4v) is 2.74. The molecule has 1 heterocycles. The van der Waals surface area contributed by atoms with Crippen molar-refractivity contribution >= 4 is 11.3 Å². The van der Waals surface area contributed by atoms with Crippen LogP contribution >= 0.6 is 11.3 Å². The molecule has 3 nitrogen and oxygen atoms in total. The molecule has 0 saturated carbocycles. The van der Waals surface area contributed by atoms with E-state index in [0.29, 0.717) is 0 Å². The van der Waals surface area contributed by atoms with Gasteiger partial charge in [-0.2, -0.15) is 0 Å². The van der Waals surface area contributed by atoms with E-state index in [9.17, 15) is 0 Å². The van der Waals surface area contributed by atoms with Gasteiger partial charge in [0.05, 0.1) is 6.04 Å². The molecule has 1 aromatic heterocycles. The van der Waals surface area contributed by atoms with E-state index in [-0.39, 0.29) is 6.04 Å². The van der Waals surface area contributed by atoms with Crippen molar-refractivity contribution in [2.75, 3.05) is 0 Å². The molecule has 0 spiro atoms. The average molecular weight is 261 g/mol. The number of nitrogens with zero attached hydrogens (tertiary/aromatic N) is 2. The van der Waals surface area contributed by atoms with E-state index < -0.39 is 0 Å². The molecule has 96 valence electrons. The highest BCUT2D eigenvalue weighted by molar-refractivity contribution is 7.11. The van der Waals surface area contributed by atoms with Gasteiger partial charge in [-0.25, -0.2) is 0 Å². The summed E-state index contributed by atoms with van der Waals surface area (Å²) in [5.41, 5.74) is 7.28. The largest absolute Gasteiger partial charge is 0.318 e. The Kier molecular flexibility index (Phi) is 4.84. The number of aromatic nitrogens is 2. The maximum absolute atomic E-state index is 6.19. The number of aryl methyl sites for hydroxylation is 1. The summed E-state index contributed by atoms with van der Waals surface area (Å²) in [6.07, 6.45) is 4.69. The second kappa shape index (κ2) is 6.61. The summed E-state index contributed by atoms with van der Waals surface area (Å²) in [6, 6.07) is 9.90. The molecule has 0 saturated heterocycles. The van der Waals surface area contributed by atoms with E-state index >= 15 is 0 Å². The lowest BCUT2D eigenvalue weighted by atomic mass is 10.1. The minimum absolute atomic E-state index is 0.149. The molecule has 0 amide bonds. The van der Waals surface area contributed by atoms with Crippen LogP contribution < -0.4 is 5.73 Å². The summed E-state index contributed by atoms with van der Waals surface area (Å²) in [4.78, 5) is 0. The van der Waals surface area contributed by atoms with Gasteiger partial charge < -0.3 is 5.73 Å². The monoisotopic (exact) mass is 261 g/mol. The molecule has 1 aromatic carbocycles. The summed E-state index contributed by atoms with van der Waals surface area (Å²) in [5, 5.41) is 10.4. The highest BCUT2D eigenvalue weighted by Crippen LogP contribution is 2.23. The van der Waals surface area contributed by atoms with Crippen molar-refractivity contribution in [1.29, 1.82) is 0 Å². The van der Waals surface area contributed by atoms with Crippen LogP contribution in [-0.2, 0) is 6.42 Å². The molecule has 4 heteroatoms. The summed E-state index contributed by atoms with van der Waals surface area (Å²) in [6.45, 7) is 2.21. The molecule has 0 radical (unpaired) electrons. The third kappa shape index (κ3) is 3.37. The van der Waals surface area contributed by atoms with Gasteiger partial charge in [-0.15, -0.1) is 10.2 Å². The standard InChI is InChI=1S/C14H19N3S/c1-2-3-5-10-12-16-17-14(18-12)13(15)11-8-6-4-7-9-11/h4,6-9,13H,2-3,5,10,15H2,1H3. The third-order valence-corrected chi connectivity index (χ3v) is 3.97. The van der Waals surface area contributed by atoms with E-state index in [0.717, 1.165) is 22.0 Å². The number of hydrogen-bond donors (Lipinski definition) is 1. The summed E-state index contributed by atoms with van der Waals surface area (Å²) < 4.78 is 0. The number of rotatable bonds is 6. The number of unbranched alkanes of at least 4 members (excludes halogenated alkanes) is 2. The van der Waals surface area contributed by atoms with Crippen LogP contribution in [0.1, 0.15) is 47.8 Å². The second-order valence-corrected chi connectivity index (χ2v) is 5.47. The van der Waals surface area contributed by atoms with Crippen LogP contribution in [0.25, 0.3) is 0 Å². The van der Waals surface area contributed by atoms with Crippen LogP contribution in [-0.4, -0.2) is 10.2 Å². The first-order valence-corrected chi connectivity index (χ1v) is 7.25. The molecule has 0 aliphatic carbocycles. The first kappa shape index (κ1) is 13.2. The highest BCUT2D eigenvalue weighted by atomic mass is 32.1. The number of benzene rings is 1. The van der Waals surface area contributed by atoms with Gasteiger partial charge in [-0.3, -0.25) is 0 Å². The molecular weight excluding hydrogens is 242 g/mol. The lowest BCUT2D eigenvalue weighted by Gasteiger charge is -2.06. The Hall–Kier alpha value is -1.26. The van der Waals surface area contributed by atoms with E-state index in [4.69, 9.17) is 5.73 Å². The van der Waals surface area contributed by atoms with E-state index in [1.807, 2.05) is 30.3 Å². The van der Waals surface area contributed by atoms with Gasteiger partial charge in [0.1, 0.15) is 10.0 Å². The minimum Gasteiger partial charge on any atom is -0.318 e. The van der Waals surface area contributed by atoms with Crippen molar-refractivity contribution < 1.29 is 0 Å². The quantitative estimate of drug-likeness (QED) is 0.812. The maximum atomic E-state index is 6.19. The maximum Gasteiger partial charge on any atom is 0.138 e. The molecular formula is C14H19N3S.